The zero-order chi connectivity index (χ0) is 27.8. The Morgan fingerprint density at radius 3 is 2.38 bits per heavy atom. The fraction of sp³-hybridized carbons (Fsp3) is 0.414. The summed E-state index contributed by atoms with van der Waals surface area (Å²) in [7, 11) is 3.30. The van der Waals surface area contributed by atoms with Crippen LogP contribution in [0.2, 0.25) is 0 Å². The first-order valence-electron chi connectivity index (χ1n) is 13.1. The molecule has 4 rings (SSSR count). The van der Waals surface area contributed by atoms with E-state index in [1.165, 1.54) is 16.9 Å². The minimum atomic E-state index is -0.332. The van der Waals surface area contributed by atoms with Gasteiger partial charge in [0, 0.05) is 55.8 Å². The number of ether oxygens (including phenoxy) is 3. The van der Waals surface area contributed by atoms with Crippen LogP contribution in [0.15, 0.2) is 53.9 Å². The number of carbonyl (C=O) groups is 2. The Balaban J connectivity index is 1.48. The summed E-state index contributed by atoms with van der Waals surface area (Å²) < 4.78 is 16.1. The standard InChI is InChI=1S/C29H36N4O5S/c1-5-38-29(35)32-15-13-31(14-16-32)28(34)25-20-39-27(30-25)19-33(21(2)22-9-7-6-8-10-22)18-23-11-12-24(36-3)17-26(23)37-4/h6-12,17,20-21H,5,13-16,18-19H2,1-4H3. The third kappa shape index (κ3) is 7.07. The first-order valence-corrected chi connectivity index (χ1v) is 14.0. The number of thiazole rings is 1. The largest absolute Gasteiger partial charge is 0.497 e. The normalized spacial score (nSPS) is 14.3. The molecule has 0 aliphatic carbocycles. The van der Waals surface area contributed by atoms with Gasteiger partial charge in [-0.15, -0.1) is 11.3 Å². The van der Waals surface area contributed by atoms with Crippen LogP contribution in [-0.2, 0) is 17.8 Å². The molecule has 1 aliphatic rings. The van der Waals surface area contributed by atoms with Gasteiger partial charge in [-0.25, -0.2) is 9.78 Å². The molecule has 1 fully saturated rings. The van der Waals surface area contributed by atoms with Crippen molar-refractivity contribution in [2.75, 3.05) is 47.0 Å². The summed E-state index contributed by atoms with van der Waals surface area (Å²) >= 11 is 1.49. The van der Waals surface area contributed by atoms with Gasteiger partial charge in [0.05, 0.1) is 27.4 Å². The van der Waals surface area contributed by atoms with Gasteiger partial charge in [0.15, 0.2) is 0 Å². The summed E-state index contributed by atoms with van der Waals surface area (Å²) in [6.45, 7) is 7.31. The quantitative estimate of drug-likeness (QED) is 0.356. The molecule has 3 aromatic rings. The molecule has 2 aromatic carbocycles. The van der Waals surface area contributed by atoms with Gasteiger partial charge in [-0.2, -0.15) is 0 Å². The third-order valence-corrected chi connectivity index (χ3v) is 7.73. The van der Waals surface area contributed by atoms with Crippen LogP contribution in [0.4, 0.5) is 4.79 Å². The minimum absolute atomic E-state index is 0.0945. The Bertz CT molecular complexity index is 1240. The molecular weight excluding hydrogens is 516 g/mol. The van der Waals surface area contributed by atoms with Crippen molar-refractivity contribution in [3.63, 3.8) is 0 Å². The topological polar surface area (TPSA) is 84.4 Å². The van der Waals surface area contributed by atoms with E-state index in [1.807, 2.05) is 41.8 Å². The van der Waals surface area contributed by atoms with Gasteiger partial charge in [0.2, 0.25) is 0 Å². The van der Waals surface area contributed by atoms with Gasteiger partial charge < -0.3 is 24.0 Å². The van der Waals surface area contributed by atoms with E-state index in [0.717, 1.165) is 22.1 Å². The van der Waals surface area contributed by atoms with Crippen LogP contribution in [-0.4, -0.2) is 78.7 Å². The predicted octanol–water partition coefficient (Wildman–Crippen LogP) is 4.84. The number of hydrogen-bond donors (Lipinski definition) is 0. The molecule has 0 spiro atoms. The van der Waals surface area contributed by atoms with Crippen molar-refractivity contribution >= 4 is 23.3 Å². The lowest BCUT2D eigenvalue weighted by Gasteiger charge is -2.33. The van der Waals surface area contributed by atoms with E-state index >= 15 is 0 Å². The highest BCUT2D eigenvalue weighted by atomic mass is 32.1. The van der Waals surface area contributed by atoms with Crippen molar-refractivity contribution in [1.82, 2.24) is 19.7 Å². The molecule has 0 N–H and O–H groups in total. The molecular formula is C29H36N4O5S. The number of hydrogen-bond acceptors (Lipinski definition) is 8. The Morgan fingerprint density at radius 1 is 1.00 bits per heavy atom. The smallest absolute Gasteiger partial charge is 0.409 e. The van der Waals surface area contributed by atoms with Crippen molar-refractivity contribution in [3.8, 4) is 11.5 Å². The van der Waals surface area contributed by atoms with Gasteiger partial charge in [-0.1, -0.05) is 36.4 Å². The Kier molecular flexibility index (Phi) is 9.78. The van der Waals surface area contributed by atoms with Crippen LogP contribution >= 0.6 is 11.3 Å². The molecule has 0 saturated carbocycles. The van der Waals surface area contributed by atoms with E-state index in [-0.39, 0.29) is 18.0 Å². The second-order valence-electron chi connectivity index (χ2n) is 9.27. The lowest BCUT2D eigenvalue weighted by atomic mass is 10.1. The molecule has 2 heterocycles. The summed E-state index contributed by atoms with van der Waals surface area (Å²) in [5, 5.41) is 2.69. The van der Waals surface area contributed by atoms with E-state index in [1.54, 1.807) is 30.9 Å². The monoisotopic (exact) mass is 552 g/mol. The number of carbonyl (C=O) groups excluding carboxylic acids is 2. The molecule has 1 aliphatic heterocycles. The van der Waals surface area contributed by atoms with Crippen LogP contribution in [0, 0.1) is 0 Å². The second kappa shape index (κ2) is 13.4. The van der Waals surface area contributed by atoms with Gasteiger partial charge in [-0.05, 0) is 25.5 Å². The molecule has 39 heavy (non-hydrogen) atoms. The zero-order valence-electron chi connectivity index (χ0n) is 23.0. The van der Waals surface area contributed by atoms with Crippen LogP contribution in [0.5, 0.6) is 11.5 Å². The molecule has 10 heteroatoms. The molecule has 9 nitrogen and oxygen atoms in total. The van der Waals surface area contributed by atoms with Crippen LogP contribution in [0.3, 0.4) is 0 Å². The van der Waals surface area contributed by atoms with E-state index in [9.17, 15) is 9.59 Å². The molecule has 1 atom stereocenters. The summed E-state index contributed by atoms with van der Waals surface area (Å²) in [6, 6.07) is 16.3. The van der Waals surface area contributed by atoms with E-state index in [2.05, 4.69) is 24.0 Å². The Morgan fingerprint density at radius 2 is 1.72 bits per heavy atom. The first kappa shape index (κ1) is 28.4. The number of methoxy groups -OCH3 is 2. The summed E-state index contributed by atoms with van der Waals surface area (Å²) in [5.41, 5.74) is 2.67. The van der Waals surface area contributed by atoms with Gasteiger partial charge >= 0.3 is 6.09 Å². The number of benzene rings is 2. The number of piperazine rings is 1. The third-order valence-electron chi connectivity index (χ3n) is 6.90. The maximum Gasteiger partial charge on any atom is 0.409 e. The average Bonchev–Trinajstić information content (AvgIpc) is 3.45. The van der Waals surface area contributed by atoms with E-state index in [0.29, 0.717) is 51.6 Å². The highest BCUT2D eigenvalue weighted by molar-refractivity contribution is 7.09. The maximum atomic E-state index is 13.2. The van der Waals surface area contributed by atoms with Crippen LogP contribution < -0.4 is 9.47 Å². The zero-order valence-corrected chi connectivity index (χ0v) is 23.8. The summed E-state index contributed by atoms with van der Waals surface area (Å²) in [4.78, 5) is 35.6. The SMILES string of the molecule is CCOC(=O)N1CCN(C(=O)c2csc(CN(Cc3ccc(OC)cc3OC)C(C)c3ccccc3)n2)CC1. The Labute approximate surface area is 233 Å². The number of amides is 2. The average molecular weight is 553 g/mol. The molecule has 0 bridgehead atoms. The highest BCUT2D eigenvalue weighted by Crippen LogP contribution is 2.31. The molecule has 208 valence electrons. The van der Waals surface area contributed by atoms with Crippen LogP contribution in [0.1, 0.15) is 46.5 Å². The Hall–Kier alpha value is -3.63. The van der Waals surface area contributed by atoms with E-state index < -0.39 is 0 Å². The number of nitrogens with zero attached hydrogens (tertiary/aromatic N) is 4. The fourth-order valence-electron chi connectivity index (χ4n) is 4.60. The van der Waals surface area contributed by atoms with Crippen molar-refractivity contribution in [2.45, 2.75) is 33.0 Å². The van der Waals surface area contributed by atoms with Gasteiger partial charge in [0.25, 0.3) is 5.91 Å². The molecule has 1 unspecified atom stereocenters. The molecule has 1 saturated heterocycles. The van der Waals surface area contributed by atoms with Crippen LogP contribution in [0.25, 0.3) is 0 Å². The number of aromatic nitrogens is 1. The van der Waals surface area contributed by atoms with E-state index in [4.69, 9.17) is 19.2 Å². The lowest BCUT2D eigenvalue weighted by molar-refractivity contribution is 0.0566. The number of rotatable bonds is 10. The predicted molar refractivity (Wildman–Crippen MR) is 150 cm³/mol. The summed E-state index contributed by atoms with van der Waals surface area (Å²) in [6.07, 6.45) is -0.332. The summed E-state index contributed by atoms with van der Waals surface area (Å²) in [5.74, 6) is 1.39. The molecule has 2 amide bonds. The van der Waals surface area contributed by atoms with Crippen molar-refractivity contribution in [2.24, 2.45) is 0 Å². The van der Waals surface area contributed by atoms with Gasteiger partial charge in [-0.3, -0.25) is 9.69 Å². The van der Waals surface area contributed by atoms with Crippen molar-refractivity contribution < 1.29 is 23.8 Å². The van der Waals surface area contributed by atoms with Crippen molar-refractivity contribution in [1.29, 1.82) is 0 Å². The fourth-order valence-corrected chi connectivity index (χ4v) is 5.39. The first-order chi connectivity index (χ1) is 18.9. The lowest BCUT2D eigenvalue weighted by Crippen LogP contribution is -2.50. The molecule has 1 aromatic heterocycles. The maximum absolute atomic E-state index is 13.2. The molecule has 0 radical (unpaired) electrons. The second-order valence-corrected chi connectivity index (χ2v) is 10.2. The highest BCUT2D eigenvalue weighted by Gasteiger charge is 2.27. The van der Waals surface area contributed by atoms with Gasteiger partial charge in [0.1, 0.15) is 22.2 Å². The van der Waals surface area contributed by atoms with Crippen molar-refractivity contribution in [3.05, 3.63) is 75.7 Å². The minimum Gasteiger partial charge on any atom is -0.497 e.